The normalized spacial score (nSPS) is 12.5. The topological polar surface area (TPSA) is 110 Å². The predicted molar refractivity (Wildman–Crippen MR) is 106 cm³/mol. The van der Waals surface area contributed by atoms with Crippen LogP contribution >= 0.6 is 11.3 Å². The van der Waals surface area contributed by atoms with E-state index in [4.69, 9.17) is 15.2 Å². The lowest BCUT2D eigenvalue weighted by molar-refractivity contribution is 0.100. The minimum absolute atomic E-state index is 0.217. The van der Waals surface area contributed by atoms with E-state index in [9.17, 15) is 10.1 Å². The number of amides is 1. The molecule has 3 N–H and O–H groups in total. The molecule has 8 heteroatoms. The van der Waals surface area contributed by atoms with Gasteiger partial charge in [-0.05, 0) is 42.5 Å². The monoisotopic (exact) mass is 390 g/mol. The molecule has 0 spiro atoms. The van der Waals surface area contributed by atoms with Gasteiger partial charge in [0.2, 0.25) is 12.7 Å². The third kappa shape index (κ3) is 3.51. The van der Waals surface area contributed by atoms with Gasteiger partial charge in [0.15, 0.2) is 11.5 Å². The smallest absolute Gasteiger partial charge is 0.248 e. The fraction of sp³-hybridized carbons (Fsp3) is 0.0500. The van der Waals surface area contributed by atoms with Crippen LogP contribution in [0.2, 0.25) is 0 Å². The zero-order chi connectivity index (χ0) is 19.5. The van der Waals surface area contributed by atoms with Crippen LogP contribution in [0.1, 0.15) is 15.4 Å². The summed E-state index contributed by atoms with van der Waals surface area (Å²) in [6.07, 6.45) is 1.58. The van der Waals surface area contributed by atoms with Crippen LogP contribution in [0.5, 0.6) is 11.5 Å². The van der Waals surface area contributed by atoms with Gasteiger partial charge < -0.3 is 20.5 Å². The number of carbonyl (C=O) groups is 1. The zero-order valence-corrected chi connectivity index (χ0v) is 15.3. The van der Waals surface area contributed by atoms with E-state index in [1.807, 2.05) is 23.6 Å². The Bertz CT molecular complexity index is 1110. The quantitative estimate of drug-likeness (QED) is 0.644. The number of fused-ring (bicyclic) bond motifs is 1. The van der Waals surface area contributed by atoms with Crippen LogP contribution < -0.4 is 20.5 Å². The van der Waals surface area contributed by atoms with Crippen molar-refractivity contribution in [3.05, 3.63) is 64.6 Å². The number of aromatic nitrogens is 1. The highest BCUT2D eigenvalue weighted by Crippen LogP contribution is 2.36. The molecule has 0 unspecified atom stereocenters. The maximum Gasteiger partial charge on any atom is 0.248 e. The second kappa shape index (κ2) is 7.42. The number of rotatable bonds is 5. The molecule has 0 fully saturated rings. The molecular weight excluding hydrogens is 376 g/mol. The zero-order valence-electron chi connectivity index (χ0n) is 14.5. The second-order valence-corrected chi connectivity index (χ2v) is 6.72. The first-order chi connectivity index (χ1) is 13.6. The highest BCUT2D eigenvalue weighted by atomic mass is 32.1. The van der Waals surface area contributed by atoms with E-state index in [2.05, 4.69) is 16.4 Å². The third-order valence-electron chi connectivity index (χ3n) is 4.08. The fourth-order valence-electron chi connectivity index (χ4n) is 2.61. The summed E-state index contributed by atoms with van der Waals surface area (Å²) in [7, 11) is 0. The van der Waals surface area contributed by atoms with Crippen LogP contribution in [0.15, 0.2) is 54.0 Å². The van der Waals surface area contributed by atoms with Crippen LogP contribution in [0.25, 0.3) is 16.8 Å². The van der Waals surface area contributed by atoms with Crippen LogP contribution in [-0.2, 0) is 0 Å². The maximum absolute atomic E-state index is 11.1. The van der Waals surface area contributed by atoms with Crippen molar-refractivity contribution in [2.45, 2.75) is 0 Å². The Balaban J connectivity index is 1.53. The molecule has 2 heterocycles. The number of hydrogen-bond acceptors (Lipinski definition) is 7. The lowest BCUT2D eigenvalue weighted by Gasteiger charge is -2.02. The average Bonchev–Trinajstić information content (AvgIpc) is 3.38. The number of primary amides is 1. The molecule has 138 valence electrons. The molecule has 7 nitrogen and oxygen atoms in total. The molecule has 0 bridgehead atoms. The number of nitriles is 1. The van der Waals surface area contributed by atoms with Gasteiger partial charge in [0, 0.05) is 28.4 Å². The van der Waals surface area contributed by atoms with E-state index in [0.29, 0.717) is 27.6 Å². The van der Waals surface area contributed by atoms with E-state index >= 15 is 0 Å². The molecule has 0 saturated heterocycles. The molecule has 1 aromatic heterocycles. The standard InChI is InChI=1S/C20H14N4O3S/c21-8-14(9-23-15-4-1-12(2-5-15)19(22)25)20-24-16(10-28-20)13-3-6-17-18(7-13)27-11-26-17/h1-7,9-10,23H,11H2,(H2,22,25)/b14-9-. The second-order valence-electron chi connectivity index (χ2n) is 5.86. The van der Waals surface area contributed by atoms with Gasteiger partial charge in [-0.15, -0.1) is 11.3 Å². The van der Waals surface area contributed by atoms with Gasteiger partial charge in [-0.25, -0.2) is 4.98 Å². The van der Waals surface area contributed by atoms with Gasteiger partial charge in [0.25, 0.3) is 0 Å². The average molecular weight is 390 g/mol. The molecule has 0 atom stereocenters. The molecule has 1 aliphatic heterocycles. The minimum Gasteiger partial charge on any atom is -0.454 e. The van der Waals surface area contributed by atoms with Crippen molar-refractivity contribution < 1.29 is 14.3 Å². The number of anilines is 1. The SMILES string of the molecule is N#C/C(=C/Nc1ccc(C(N)=O)cc1)c1nc(-c2ccc3c(c2)OCO3)cs1. The van der Waals surface area contributed by atoms with Crippen LogP contribution in [-0.4, -0.2) is 17.7 Å². The van der Waals surface area contributed by atoms with Crippen molar-refractivity contribution in [1.29, 1.82) is 5.26 Å². The summed E-state index contributed by atoms with van der Waals surface area (Å²) in [5, 5.41) is 15.0. The van der Waals surface area contributed by atoms with Gasteiger partial charge >= 0.3 is 0 Å². The van der Waals surface area contributed by atoms with Crippen molar-refractivity contribution in [2.75, 3.05) is 12.1 Å². The number of hydrogen-bond donors (Lipinski definition) is 2. The number of allylic oxidation sites excluding steroid dienone is 1. The van der Waals surface area contributed by atoms with Crippen molar-refractivity contribution in [2.24, 2.45) is 5.73 Å². The fourth-order valence-corrected chi connectivity index (χ4v) is 3.41. The Kier molecular flexibility index (Phi) is 4.66. The molecule has 4 rings (SSSR count). The summed E-state index contributed by atoms with van der Waals surface area (Å²) in [6, 6.07) is 14.4. The van der Waals surface area contributed by atoms with Gasteiger partial charge in [0.05, 0.1) is 5.69 Å². The van der Waals surface area contributed by atoms with Crippen LogP contribution in [0, 0.1) is 11.3 Å². The lowest BCUT2D eigenvalue weighted by atomic mass is 10.1. The summed E-state index contributed by atoms with van der Waals surface area (Å²) in [4.78, 5) is 15.7. The van der Waals surface area contributed by atoms with Gasteiger partial charge in [0.1, 0.15) is 16.6 Å². The first-order valence-electron chi connectivity index (χ1n) is 8.26. The Morgan fingerprint density at radius 2 is 2.00 bits per heavy atom. The van der Waals surface area contributed by atoms with E-state index < -0.39 is 5.91 Å². The molecule has 28 heavy (non-hydrogen) atoms. The summed E-state index contributed by atoms with van der Waals surface area (Å²) in [5.41, 5.74) is 8.42. The first kappa shape index (κ1) is 17.6. The van der Waals surface area contributed by atoms with E-state index in [-0.39, 0.29) is 6.79 Å². The van der Waals surface area contributed by atoms with Crippen LogP contribution in [0.3, 0.4) is 0 Å². The van der Waals surface area contributed by atoms with Crippen LogP contribution in [0.4, 0.5) is 5.69 Å². The molecule has 1 aliphatic rings. The van der Waals surface area contributed by atoms with Crippen molar-refractivity contribution >= 4 is 28.5 Å². The third-order valence-corrected chi connectivity index (χ3v) is 4.95. The molecular formula is C20H14N4O3S. The van der Waals surface area contributed by atoms with Crippen molar-refractivity contribution in [3.63, 3.8) is 0 Å². The molecule has 2 aromatic carbocycles. The molecule has 0 saturated carbocycles. The number of carbonyl (C=O) groups excluding carboxylic acids is 1. The highest BCUT2D eigenvalue weighted by molar-refractivity contribution is 7.11. The van der Waals surface area contributed by atoms with E-state index in [1.54, 1.807) is 30.5 Å². The summed E-state index contributed by atoms with van der Waals surface area (Å²) >= 11 is 1.38. The predicted octanol–water partition coefficient (Wildman–Crippen LogP) is 3.61. The molecule has 1 amide bonds. The Morgan fingerprint density at radius 3 is 2.75 bits per heavy atom. The number of benzene rings is 2. The Hall–Kier alpha value is -3.83. The number of thiazole rings is 1. The highest BCUT2D eigenvalue weighted by Gasteiger charge is 2.16. The first-order valence-corrected chi connectivity index (χ1v) is 9.14. The van der Waals surface area contributed by atoms with Crippen molar-refractivity contribution in [1.82, 2.24) is 4.98 Å². The lowest BCUT2D eigenvalue weighted by Crippen LogP contribution is -2.10. The van der Waals surface area contributed by atoms with Gasteiger partial charge in [-0.2, -0.15) is 5.26 Å². The number of ether oxygens (including phenoxy) is 2. The van der Waals surface area contributed by atoms with E-state index in [1.165, 1.54) is 11.3 Å². The summed E-state index contributed by atoms with van der Waals surface area (Å²) in [5.74, 6) is 0.908. The molecule has 0 aliphatic carbocycles. The number of nitrogens with one attached hydrogen (secondary N) is 1. The summed E-state index contributed by atoms with van der Waals surface area (Å²) < 4.78 is 10.7. The summed E-state index contributed by atoms with van der Waals surface area (Å²) in [6.45, 7) is 0.217. The van der Waals surface area contributed by atoms with E-state index in [0.717, 1.165) is 16.9 Å². The Morgan fingerprint density at radius 1 is 1.21 bits per heavy atom. The molecule has 3 aromatic rings. The van der Waals surface area contributed by atoms with Crippen molar-refractivity contribution in [3.8, 4) is 28.8 Å². The van der Waals surface area contributed by atoms with Gasteiger partial charge in [-0.3, -0.25) is 4.79 Å². The van der Waals surface area contributed by atoms with Gasteiger partial charge in [-0.1, -0.05) is 0 Å². The number of nitrogens with zero attached hydrogens (tertiary/aromatic N) is 2. The Labute approximate surface area is 164 Å². The minimum atomic E-state index is -0.487. The maximum atomic E-state index is 11.1. The number of nitrogens with two attached hydrogens (primary N) is 1. The largest absolute Gasteiger partial charge is 0.454 e. The molecule has 0 radical (unpaired) electrons.